The average molecular weight is 309 g/mol. The van der Waals surface area contributed by atoms with Crippen LogP contribution in [0.5, 0.6) is 0 Å². The van der Waals surface area contributed by atoms with Crippen molar-refractivity contribution in [1.82, 2.24) is 0 Å². The third-order valence-corrected chi connectivity index (χ3v) is 4.34. The Kier molecular flexibility index (Phi) is 4.51. The zero-order valence-electron chi connectivity index (χ0n) is 13.5. The number of nitrogens with zero attached hydrogens (tertiary/aromatic N) is 1. The Bertz CT molecular complexity index is 712. The van der Waals surface area contributed by atoms with E-state index in [1.165, 1.54) is 11.1 Å². The van der Waals surface area contributed by atoms with E-state index < -0.39 is 0 Å². The minimum Gasteiger partial charge on any atom is -0.398 e. The molecule has 120 valence electrons. The molecule has 1 aliphatic rings. The summed E-state index contributed by atoms with van der Waals surface area (Å²) in [6.07, 6.45) is 2.97. The van der Waals surface area contributed by atoms with Gasteiger partial charge in [0.25, 0.3) is 0 Å². The van der Waals surface area contributed by atoms with Crippen LogP contribution >= 0.6 is 0 Å². The molecule has 0 spiro atoms. The Morgan fingerprint density at radius 2 is 2.09 bits per heavy atom. The predicted molar refractivity (Wildman–Crippen MR) is 95.8 cm³/mol. The van der Waals surface area contributed by atoms with Crippen molar-refractivity contribution in [1.29, 1.82) is 0 Å². The summed E-state index contributed by atoms with van der Waals surface area (Å²) in [6.45, 7) is 3.35. The molecule has 1 amide bonds. The normalized spacial score (nSPS) is 13.5. The highest BCUT2D eigenvalue weighted by molar-refractivity contribution is 5.94. The summed E-state index contributed by atoms with van der Waals surface area (Å²) in [4.78, 5) is 14.5. The molecule has 4 heteroatoms. The Morgan fingerprint density at radius 3 is 2.91 bits per heavy atom. The summed E-state index contributed by atoms with van der Waals surface area (Å²) in [6, 6.07) is 13.9. The second kappa shape index (κ2) is 6.73. The number of anilines is 3. The molecule has 0 aromatic heterocycles. The van der Waals surface area contributed by atoms with Crippen LogP contribution in [0.15, 0.2) is 42.5 Å². The number of hydrogen-bond donors (Lipinski definition) is 2. The molecule has 0 unspecified atom stereocenters. The number of carbonyl (C=O) groups is 1. The first-order chi connectivity index (χ1) is 11.2. The quantitative estimate of drug-likeness (QED) is 0.853. The SMILES string of the molecule is CCc1cccc(NC(=O)CN2CCCc3c(N)cccc32)c1. The fraction of sp³-hybridized carbons (Fsp3) is 0.316. The topological polar surface area (TPSA) is 58.4 Å². The molecule has 1 aliphatic heterocycles. The third-order valence-electron chi connectivity index (χ3n) is 4.34. The van der Waals surface area contributed by atoms with Crippen LogP contribution in [0.25, 0.3) is 0 Å². The van der Waals surface area contributed by atoms with E-state index >= 15 is 0 Å². The summed E-state index contributed by atoms with van der Waals surface area (Å²) >= 11 is 0. The lowest BCUT2D eigenvalue weighted by Crippen LogP contribution is -2.37. The molecule has 0 saturated carbocycles. The number of nitrogen functional groups attached to an aromatic ring is 1. The van der Waals surface area contributed by atoms with Gasteiger partial charge in [-0.3, -0.25) is 4.79 Å². The van der Waals surface area contributed by atoms with Gasteiger partial charge in [-0.15, -0.1) is 0 Å². The van der Waals surface area contributed by atoms with Crippen molar-refractivity contribution in [2.75, 3.05) is 29.0 Å². The molecule has 0 radical (unpaired) electrons. The monoisotopic (exact) mass is 309 g/mol. The number of carbonyl (C=O) groups excluding carboxylic acids is 1. The van der Waals surface area contributed by atoms with Gasteiger partial charge in [0, 0.05) is 23.6 Å². The molecule has 0 bridgehead atoms. The van der Waals surface area contributed by atoms with E-state index in [2.05, 4.69) is 29.3 Å². The standard InChI is InChI=1S/C19H23N3O/c1-2-14-6-3-7-15(12-14)21-19(23)13-22-11-5-8-16-17(20)9-4-10-18(16)22/h3-4,6-7,9-10,12H,2,5,8,11,13,20H2,1H3,(H,21,23). The van der Waals surface area contributed by atoms with Crippen molar-refractivity contribution in [3.63, 3.8) is 0 Å². The van der Waals surface area contributed by atoms with E-state index in [0.29, 0.717) is 6.54 Å². The Labute approximate surface area is 137 Å². The van der Waals surface area contributed by atoms with Crippen molar-refractivity contribution < 1.29 is 4.79 Å². The highest BCUT2D eigenvalue weighted by Crippen LogP contribution is 2.31. The minimum absolute atomic E-state index is 0.00790. The number of hydrogen-bond acceptors (Lipinski definition) is 3. The molecule has 0 atom stereocenters. The van der Waals surface area contributed by atoms with Crippen molar-refractivity contribution in [2.24, 2.45) is 0 Å². The summed E-state index contributed by atoms with van der Waals surface area (Å²) in [5, 5.41) is 3.00. The fourth-order valence-corrected chi connectivity index (χ4v) is 3.13. The van der Waals surface area contributed by atoms with Crippen LogP contribution in [0.3, 0.4) is 0 Å². The van der Waals surface area contributed by atoms with E-state index in [-0.39, 0.29) is 5.91 Å². The first kappa shape index (κ1) is 15.4. The van der Waals surface area contributed by atoms with Crippen LogP contribution in [-0.4, -0.2) is 19.0 Å². The van der Waals surface area contributed by atoms with Gasteiger partial charge in [0.2, 0.25) is 5.91 Å². The van der Waals surface area contributed by atoms with Gasteiger partial charge in [-0.1, -0.05) is 25.1 Å². The van der Waals surface area contributed by atoms with E-state index in [0.717, 1.165) is 42.9 Å². The van der Waals surface area contributed by atoms with Gasteiger partial charge in [-0.2, -0.15) is 0 Å². The number of aryl methyl sites for hydroxylation is 1. The number of rotatable bonds is 4. The van der Waals surface area contributed by atoms with Crippen LogP contribution in [0.4, 0.5) is 17.1 Å². The summed E-state index contributed by atoms with van der Waals surface area (Å²) < 4.78 is 0. The van der Waals surface area contributed by atoms with Gasteiger partial charge >= 0.3 is 0 Å². The molecule has 3 N–H and O–H groups in total. The molecule has 0 fully saturated rings. The highest BCUT2D eigenvalue weighted by atomic mass is 16.2. The molecular formula is C19H23N3O. The summed E-state index contributed by atoms with van der Waals surface area (Å²) in [5.74, 6) is 0.00790. The molecule has 0 saturated heterocycles. The molecule has 1 heterocycles. The Hall–Kier alpha value is -2.49. The predicted octanol–water partition coefficient (Wildman–Crippen LogP) is 3.22. The zero-order valence-corrected chi connectivity index (χ0v) is 13.5. The van der Waals surface area contributed by atoms with E-state index in [9.17, 15) is 4.79 Å². The number of amides is 1. The van der Waals surface area contributed by atoms with Crippen LogP contribution in [0, 0.1) is 0 Å². The van der Waals surface area contributed by atoms with Gasteiger partial charge in [-0.25, -0.2) is 0 Å². The van der Waals surface area contributed by atoms with Crippen LogP contribution < -0.4 is 16.0 Å². The number of nitrogens with two attached hydrogens (primary N) is 1. The maximum absolute atomic E-state index is 12.4. The molecular weight excluding hydrogens is 286 g/mol. The second-order valence-corrected chi connectivity index (χ2v) is 5.97. The molecule has 3 rings (SSSR count). The van der Waals surface area contributed by atoms with E-state index in [4.69, 9.17) is 5.73 Å². The maximum atomic E-state index is 12.4. The number of fused-ring (bicyclic) bond motifs is 1. The lowest BCUT2D eigenvalue weighted by Gasteiger charge is -2.31. The lowest BCUT2D eigenvalue weighted by atomic mass is 10.00. The van der Waals surface area contributed by atoms with E-state index in [1.807, 2.05) is 30.3 Å². The molecule has 0 aliphatic carbocycles. The first-order valence-electron chi connectivity index (χ1n) is 8.18. The molecule has 23 heavy (non-hydrogen) atoms. The van der Waals surface area contributed by atoms with Crippen LogP contribution in [0.1, 0.15) is 24.5 Å². The van der Waals surface area contributed by atoms with Crippen molar-refractivity contribution in [2.45, 2.75) is 26.2 Å². The van der Waals surface area contributed by atoms with Gasteiger partial charge in [-0.05, 0) is 54.7 Å². The average Bonchev–Trinajstić information content (AvgIpc) is 2.56. The Morgan fingerprint density at radius 1 is 1.26 bits per heavy atom. The van der Waals surface area contributed by atoms with Crippen molar-refractivity contribution in [3.05, 3.63) is 53.6 Å². The zero-order chi connectivity index (χ0) is 16.2. The molecule has 4 nitrogen and oxygen atoms in total. The largest absolute Gasteiger partial charge is 0.398 e. The fourth-order valence-electron chi connectivity index (χ4n) is 3.13. The first-order valence-corrected chi connectivity index (χ1v) is 8.18. The molecule has 2 aromatic rings. The number of benzene rings is 2. The maximum Gasteiger partial charge on any atom is 0.243 e. The Balaban J connectivity index is 1.70. The van der Waals surface area contributed by atoms with Gasteiger partial charge in [0.05, 0.1) is 6.54 Å². The summed E-state index contributed by atoms with van der Waals surface area (Å²) in [5.41, 5.74) is 11.2. The van der Waals surface area contributed by atoms with Gasteiger partial charge in [0.1, 0.15) is 0 Å². The minimum atomic E-state index is 0.00790. The van der Waals surface area contributed by atoms with Gasteiger partial charge < -0.3 is 16.0 Å². The lowest BCUT2D eigenvalue weighted by molar-refractivity contribution is -0.115. The second-order valence-electron chi connectivity index (χ2n) is 5.97. The summed E-state index contributed by atoms with van der Waals surface area (Å²) in [7, 11) is 0. The van der Waals surface area contributed by atoms with Gasteiger partial charge in [0.15, 0.2) is 0 Å². The smallest absolute Gasteiger partial charge is 0.243 e. The highest BCUT2D eigenvalue weighted by Gasteiger charge is 2.20. The molecule has 2 aromatic carbocycles. The third kappa shape index (κ3) is 3.47. The number of nitrogens with one attached hydrogen (secondary N) is 1. The van der Waals surface area contributed by atoms with Crippen molar-refractivity contribution >= 4 is 23.0 Å². The van der Waals surface area contributed by atoms with Crippen molar-refractivity contribution in [3.8, 4) is 0 Å². The van der Waals surface area contributed by atoms with Crippen LogP contribution in [-0.2, 0) is 17.6 Å². The van der Waals surface area contributed by atoms with Crippen LogP contribution in [0.2, 0.25) is 0 Å². The van der Waals surface area contributed by atoms with E-state index in [1.54, 1.807) is 0 Å².